The number of carbonyl (C=O) groups excluding carboxylic acids is 1. The van der Waals surface area contributed by atoms with Crippen LogP contribution in [0.15, 0.2) is 35.6 Å². The van der Waals surface area contributed by atoms with E-state index in [4.69, 9.17) is 0 Å². The first kappa shape index (κ1) is 25.9. The standard InChI is InChI=1S/C21H33N7O.HI/c1-5-19-26-25-16-28(19)14-13-23-21(22-6-2)24-15-17-9-11-18(12-10-17)20(29)27(7-3)8-4;/h9-12,16H,5-8,13-15H2,1-4H3,(H2,22,23,24);1H. The molecule has 0 aliphatic carbocycles. The van der Waals surface area contributed by atoms with Crippen molar-refractivity contribution >= 4 is 35.8 Å². The van der Waals surface area contributed by atoms with Crippen LogP contribution in [0, 0.1) is 0 Å². The Labute approximate surface area is 196 Å². The van der Waals surface area contributed by atoms with Gasteiger partial charge in [-0.05, 0) is 38.5 Å². The number of aryl methyl sites for hydroxylation is 1. The predicted octanol–water partition coefficient (Wildman–Crippen LogP) is 2.70. The normalized spacial score (nSPS) is 11.0. The highest BCUT2D eigenvalue weighted by Crippen LogP contribution is 2.09. The summed E-state index contributed by atoms with van der Waals surface area (Å²) in [4.78, 5) is 18.9. The molecule has 2 N–H and O–H groups in total. The van der Waals surface area contributed by atoms with E-state index in [9.17, 15) is 4.79 Å². The second-order valence-electron chi connectivity index (χ2n) is 6.59. The minimum absolute atomic E-state index is 0. The molecule has 0 spiro atoms. The Morgan fingerprint density at radius 2 is 1.80 bits per heavy atom. The summed E-state index contributed by atoms with van der Waals surface area (Å²) in [5, 5.41) is 14.7. The average Bonchev–Trinajstić information content (AvgIpc) is 3.20. The first-order chi connectivity index (χ1) is 14.1. The van der Waals surface area contributed by atoms with E-state index in [1.807, 2.05) is 54.5 Å². The Hall–Kier alpha value is -2.17. The van der Waals surface area contributed by atoms with Crippen LogP contribution in [0.5, 0.6) is 0 Å². The summed E-state index contributed by atoms with van der Waals surface area (Å²) in [7, 11) is 0. The Morgan fingerprint density at radius 1 is 1.10 bits per heavy atom. The van der Waals surface area contributed by atoms with E-state index >= 15 is 0 Å². The monoisotopic (exact) mass is 527 g/mol. The maximum absolute atomic E-state index is 12.4. The highest BCUT2D eigenvalue weighted by Gasteiger charge is 2.11. The molecule has 2 aromatic rings. The second kappa shape index (κ2) is 13.9. The molecule has 166 valence electrons. The molecule has 0 unspecified atom stereocenters. The smallest absolute Gasteiger partial charge is 0.253 e. The zero-order chi connectivity index (χ0) is 21.1. The van der Waals surface area contributed by atoms with Crippen molar-refractivity contribution in [1.29, 1.82) is 0 Å². The first-order valence-corrected chi connectivity index (χ1v) is 10.4. The molecule has 1 heterocycles. The molecule has 0 radical (unpaired) electrons. The quantitative estimate of drug-likeness (QED) is 0.282. The van der Waals surface area contributed by atoms with Crippen LogP contribution in [-0.4, -0.2) is 57.7 Å². The second-order valence-corrected chi connectivity index (χ2v) is 6.59. The van der Waals surface area contributed by atoms with Gasteiger partial charge >= 0.3 is 0 Å². The molecule has 8 nitrogen and oxygen atoms in total. The van der Waals surface area contributed by atoms with Crippen molar-refractivity contribution in [3.8, 4) is 0 Å². The van der Waals surface area contributed by atoms with Crippen LogP contribution >= 0.6 is 24.0 Å². The van der Waals surface area contributed by atoms with Crippen molar-refractivity contribution in [3.05, 3.63) is 47.5 Å². The van der Waals surface area contributed by atoms with Gasteiger partial charge in [0.1, 0.15) is 12.2 Å². The van der Waals surface area contributed by atoms with Gasteiger partial charge < -0.3 is 20.1 Å². The fourth-order valence-electron chi connectivity index (χ4n) is 2.99. The number of rotatable bonds is 10. The molecule has 30 heavy (non-hydrogen) atoms. The van der Waals surface area contributed by atoms with Gasteiger partial charge in [-0.2, -0.15) is 0 Å². The Bertz CT molecular complexity index is 785. The van der Waals surface area contributed by atoms with E-state index in [-0.39, 0.29) is 29.9 Å². The average molecular weight is 527 g/mol. The van der Waals surface area contributed by atoms with Crippen molar-refractivity contribution in [2.75, 3.05) is 26.2 Å². The zero-order valence-corrected chi connectivity index (χ0v) is 20.7. The van der Waals surface area contributed by atoms with E-state index in [2.05, 4.69) is 32.7 Å². The van der Waals surface area contributed by atoms with E-state index in [0.29, 0.717) is 25.2 Å². The predicted molar refractivity (Wildman–Crippen MR) is 131 cm³/mol. The van der Waals surface area contributed by atoms with Crippen LogP contribution in [0.3, 0.4) is 0 Å². The van der Waals surface area contributed by atoms with Crippen LogP contribution in [-0.2, 0) is 19.5 Å². The van der Waals surface area contributed by atoms with Crippen LogP contribution < -0.4 is 10.6 Å². The third-order valence-electron chi connectivity index (χ3n) is 4.67. The summed E-state index contributed by atoms with van der Waals surface area (Å²) in [6, 6.07) is 7.69. The molecule has 0 aliphatic rings. The molecule has 0 bridgehead atoms. The molecule has 1 amide bonds. The highest BCUT2D eigenvalue weighted by atomic mass is 127. The van der Waals surface area contributed by atoms with Gasteiger partial charge in [0.05, 0.1) is 6.54 Å². The molecule has 0 fully saturated rings. The fraction of sp³-hybridized carbons (Fsp3) is 0.524. The molecule has 9 heteroatoms. The SMILES string of the molecule is CCNC(=NCc1ccc(C(=O)N(CC)CC)cc1)NCCn1cnnc1CC.I. The number of amides is 1. The molecular weight excluding hydrogens is 493 g/mol. The maximum atomic E-state index is 12.4. The molecular formula is C21H34IN7O. The summed E-state index contributed by atoms with van der Waals surface area (Å²) < 4.78 is 2.04. The van der Waals surface area contributed by atoms with E-state index in [1.165, 1.54) is 0 Å². The number of guanidine groups is 1. The fourth-order valence-corrected chi connectivity index (χ4v) is 2.99. The number of halogens is 1. The van der Waals surface area contributed by atoms with Crippen molar-refractivity contribution in [1.82, 2.24) is 30.3 Å². The summed E-state index contributed by atoms with van der Waals surface area (Å²) in [6.07, 6.45) is 2.62. The van der Waals surface area contributed by atoms with E-state index in [0.717, 1.165) is 43.4 Å². The topological polar surface area (TPSA) is 87.4 Å². The molecule has 0 aliphatic heterocycles. The van der Waals surface area contributed by atoms with Gasteiger partial charge in [-0.15, -0.1) is 34.2 Å². The van der Waals surface area contributed by atoms with Gasteiger partial charge in [-0.25, -0.2) is 4.99 Å². The summed E-state index contributed by atoms with van der Waals surface area (Å²) in [5.41, 5.74) is 1.78. The van der Waals surface area contributed by atoms with E-state index in [1.54, 1.807) is 6.33 Å². The number of hydrogen-bond donors (Lipinski definition) is 2. The minimum atomic E-state index is 0. The number of aromatic nitrogens is 3. The van der Waals surface area contributed by atoms with Crippen molar-refractivity contribution in [2.45, 2.75) is 47.2 Å². The Morgan fingerprint density at radius 3 is 2.40 bits per heavy atom. The lowest BCUT2D eigenvalue weighted by Crippen LogP contribution is -2.38. The van der Waals surface area contributed by atoms with Crippen molar-refractivity contribution in [2.24, 2.45) is 4.99 Å². The summed E-state index contributed by atoms with van der Waals surface area (Å²) in [6.45, 7) is 12.4. The molecule has 0 atom stereocenters. The third-order valence-corrected chi connectivity index (χ3v) is 4.67. The number of carbonyl (C=O) groups is 1. The number of aliphatic imine (C=N–C) groups is 1. The molecule has 0 saturated carbocycles. The van der Waals surface area contributed by atoms with Gasteiger partial charge in [-0.3, -0.25) is 4.79 Å². The first-order valence-electron chi connectivity index (χ1n) is 10.4. The van der Waals surface area contributed by atoms with Crippen LogP contribution in [0.2, 0.25) is 0 Å². The zero-order valence-electron chi connectivity index (χ0n) is 18.4. The van der Waals surface area contributed by atoms with Gasteiger partial charge in [0, 0.05) is 44.7 Å². The molecule has 0 saturated heterocycles. The lowest BCUT2D eigenvalue weighted by Gasteiger charge is -2.18. The minimum Gasteiger partial charge on any atom is -0.357 e. The summed E-state index contributed by atoms with van der Waals surface area (Å²) >= 11 is 0. The number of nitrogens with one attached hydrogen (secondary N) is 2. The van der Waals surface area contributed by atoms with Crippen LogP contribution in [0.1, 0.15) is 49.4 Å². The van der Waals surface area contributed by atoms with E-state index < -0.39 is 0 Å². The highest BCUT2D eigenvalue weighted by molar-refractivity contribution is 14.0. The summed E-state index contributed by atoms with van der Waals surface area (Å²) in [5.74, 6) is 1.82. The van der Waals surface area contributed by atoms with Crippen LogP contribution in [0.4, 0.5) is 0 Å². The molecule has 1 aromatic heterocycles. The lowest BCUT2D eigenvalue weighted by molar-refractivity contribution is 0.0773. The van der Waals surface area contributed by atoms with Crippen molar-refractivity contribution < 1.29 is 4.79 Å². The number of hydrogen-bond acceptors (Lipinski definition) is 4. The Balaban J connectivity index is 0.00000450. The van der Waals surface area contributed by atoms with Gasteiger partial charge in [-0.1, -0.05) is 19.1 Å². The number of benzene rings is 1. The number of nitrogens with zero attached hydrogens (tertiary/aromatic N) is 5. The third kappa shape index (κ3) is 7.58. The van der Waals surface area contributed by atoms with Crippen molar-refractivity contribution in [3.63, 3.8) is 0 Å². The van der Waals surface area contributed by atoms with Crippen LogP contribution in [0.25, 0.3) is 0 Å². The van der Waals surface area contributed by atoms with Gasteiger partial charge in [0.15, 0.2) is 5.96 Å². The Kier molecular flexibility index (Phi) is 12.0. The maximum Gasteiger partial charge on any atom is 0.253 e. The molecule has 2 rings (SSSR count). The van der Waals surface area contributed by atoms with Gasteiger partial charge in [0.25, 0.3) is 5.91 Å². The van der Waals surface area contributed by atoms with Gasteiger partial charge in [0.2, 0.25) is 0 Å². The molecule has 1 aromatic carbocycles. The lowest BCUT2D eigenvalue weighted by atomic mass is 10.1. The largest absolute Gasteiger partial charge is 0.357 e.